The minimum Gasteiger partial charge on any atom is -0.343 e. The van der Waals surface area contributed by atoms with Gasteiger partial charge in [0.2, 0.25) is 11.0 Å². The number of benzene rings is 1. The summed E-state index contributed by atoms with van der Waals surface area (Å²) in [6.07, 6.45) is 2.40. The molecule has 1 aromatic carbocycles. The number of anilines is 1. The third-order valence-corrected chi connectivity index (χ3v) is 7.77. The van der Waals surface area contributed by atoms with Crippen LogP contribution in [-0.2, 0) is 14.8 Å². The topological polar surface area (TPSA) is 105 Å². The average Bonchev–Trinajstić information content (AvgIpc) is 3.24. The predicted octanol–water partition coefficient (Wildman–Crippen LogP) is 2.59. The van der Waals surface area contributed by atoms with E-state index in [1.165, 1.54) is 11.3 Å². The van der Waals surface area contributed by atoms with Crippen LogP contribution in [0.3, 0.4) is 0 Å². The molecule has 2 aliphatic heterocycles. The number of hydrogen-bond acceptors (Lipinski definition) is 8. The standard InChI is InChI=1S/C17H19N5O3S3/c1-2-26-17-20-19-16(27-17)18-15(23)12-8-5-6-10-22(12)14-11-7-3-4-9-13(11)28(24,25)21-14/h3-4,7,9,12H,2,5-6,8,10H2,1H3,(H,18,19,23). The van der Waals surface area contributed by atoms with Gasteiger partial charge in [0.05, 0.1) is 0 Å². The predicted molar refractivity (Wildman–Crippen MR) is 109 cm³/mol. The Hall–Kier alpha value is -1.98. The van der Waals surface area contributed by atoms with Crippen LogP contribution in [0.2, 0.25) is 0 Å². The molecule has 0 spiro atoms. The van der Waals surface area contributed by atoms with Crippen molar-refractivity contribution in [1.82, 2.24) is 15.1 Å². The Labute approximate surface area is 171 Å². The number of sulfonamides is 1. The Kier molecular flexibility index (Phi) is 5.39. The molecule has 1 unspecified atom stereocenters. The van der Waals surface area contributed by atoms with Gasteiger partial charge in [0, 0.05) is 12.1 Å². The van der Waals surface area contributed by atoms with E-state index in [2.05, 4.69) is 19.9 Å². The average molecular weight is 438 g/mol. The highest BCUT2D eigenvalue weighted by Gasteiger charge is 2.38. The molecule has 4 rings (SSSR count). The zero-order chi connectivity index (χ0) is 19.7. The molecule has 1 N–H and O–H groups in total. The third kappa shape index (κ3) is 3.65. The number of carbonyl (C=O) groups excluding carboxylic acids is 1. The van der Waals surface area contributed by atoms with Crippen LogP contribution in [0.1, 0.15) is 31.7 Å². The van der Waals surface area contributed by atoms with Gasteiger partial charge in [-0.05, 0) is 37.1 Å². The molecule has 1 amide bonds. The number of rotatable bonds is 4. The summed E-state index contributed by atoms with van der Waals surface area (Å²) in [5.41, 5.74) is 0.555. The molecule has 1 aromatic heterocycles. The lowest BCUT2D eigenvalue weighted by molar-refractivity contribution is -0.120. The number of fused-ring (bicyclic) bond motifs is 1. The van der Waals surface area contributed by atoms with Crippen molar-refractivity contribution in [2.24, 2.45) is 4.40 Å². The van der Waals surface area contributed by atoms with E-state index >= 15 is 0 Å². The first-order chi connectivity index (χ1) is 13.5. The summed E-state index contributed by atoms with van der Waals surface area (Å²) in [6.45, 7) is 2.60. The van der Waals surface area contributed by atoms with Crippen molar-refractivity contribution in [3.05, 3.63) is 29.8 Å². The molecule has 0 bridgehead atoms. The van der Waals surface area contributed by atoms with E-state index in [4.69, 9.17) is 0 Å². The minimum atomic E-state index is -3.72. The zero-order valence-corrected chi connectivity index (χ0v) is 17.6. The van der Waals surface area contributed by atoms with Crippen LogP contribution in [0, 0.1) is 0 Å². The molecule has 2 aromatic rings. The number of amides is 1. The van der Waals surface area contributed by atoms with Crippen molar-refractivity contribution in [2.45, 2.75) is 41.5 Å². The number of likely N-dealkylation sites (tertiary alicyclic amines) is 1. The molecule has 1 saturated heterocycles. The maximum atomic E-state index is 12.9. The molecule has 1 atom stereocenters. The second kappa shape index (κ2) is 7.80. The molecular formula is C17H19N5O3S3. The second-order valence-electron chi connectivity index (χ2n) is 6.39. The van der Waals surface area contributed by atoms with Gasteiger partial charge in [-0.3, -0.25) is 10.1 Å². The molecule has 0 radical (unpaired) electrons. The smallest absolute Gasteiger partial charge is 0.285 e. The lowest BCUT2D eigenvalue weighted by Crippen LogP contribution is -2.50. The number of nitrogens with zero attached hydrogens (tertiary/aromatic N) is 4. The van der Waals surface area contributed by atoms with Crippen molar-refractivity contribution in [1.29, 1.82) is 0 Å². The zero-order valence-electron chi connectivity index (χ0n) is 15.2. The van der Waals surface area contributed by atoms with Gasteiger partial charge >= 0.3 is 0 Å². The number of carbonyl (C=O) groups is 1. The second-order valence-corrected chi connectivity index (χ2v) is 10.4. The van der Waals surface area contributed by atoms with Gasteiger partial charge in [-0.2, -0.15) is 8.42 Å². The SMILES string of the molecule is CCSc1nnc(NC(=O)C2CCCCN2C2=NS(=O)(=O)c3ccccc32)s1. The van der Waals surface area contributed by atoms with E-state index in [0.29, 0.717) is 29.5 Å². The Morgan fingerprint density at radius 1 is 1.32 bits per heavy atom. The lowest BCUT2D eigenvalue weighted by Gasteiger charge is -2.35. The van der Waals surface area contributed by atoms with Gasteiger partial charge in [0.15, 0.2) is 10.2 Å². The van der Waals surface area contributed by atoms with Crippen LogP contribution < -0.4 is 5.32 Å². The summed E-state index contributed by atoms with van der Waals surface area (Å²) >= 11 is 2.90. The first-order valence-electron chi connectivity index (χ1n) is 8.98. The third-order valence-electron chi connectivity index (χ3n) is 4.59. The fourth-order valence-corrected chi connectivity index (χ4v) is 6.25. The van der Waals surface area contributed by atoms with Crippen molar-refractivity contribution >= 4 is 50.0 Å². The van der Waals surface area contributed by atoms with Gasteiger partial charge in [0.25, 0.3) is 10.0 Å². The van der Waals surface area contributed by atoms with Crippen molar-refractivity contribution in [2.75, 3.05) is 17.6 Å². The first kappa shape index (κ1) is 19.3. The minimum absolute atomic E-state index is 0.195. The molecule has 1 fully saturated rings. The van der Waals surface area contributed by atoms with Gasteiger partial charge in [-0.1, -0.05) is 42.2 Å². The number of hydrogen-bond donors (Lipinski definition) is 1. The van der Waals surface area contributed by atoms with E-state index < -0.39 is 16.1 Å². The largest absolute Gasteiger partial charge is 0.343 e. The number of thioether (sulfide) groups is 1. The molecule has 2 aliphatic rings. The van der Waals surface area contributed by atoms with Crippen molar-refractivity contribution in [3.8, 4) is 0 Å². The van der Waals surface area contributed by atoms with Crippen LogP contribution >= 0.6 is 23.1 Å². The Morgan fingerprint density at radius 3 is 2.96 bits per heavy atom. The van der Waals surface area contributed by atoms with Gasteiger partial charge in [-0.25, -0.2) is 0 Å². The molecule has 0 saturated carbocycles. The summed E-state index contributed by atoms with van der Waals surface area (Å²) in [6, 6.07) is 6.24. The molecule has 11 heteroatoms. The van der Waals surface area contributed by atoms with Crippen LogP contribution in [0.25, 0.3) is 0 Å². The quantitative estimate of drug-likeness (QED) is 0.579. The van der Waals surface area contributed by atoms with E-state index in [1.54, 1.807) is 36.0 Å². The summed E-state index contributed by atoms with van der Waals surface area (Å²) in [4.78, 5) is 15.0. The molecule has 148 valence electrons. The first-order valence-corrected chi connectivity index (χ1v) is 12.2. The lowest BCUT2D eigenvalue weighted by atomic mass is 10.00. The maximum Gasteiger partial charge on any atom is 0.285 e. The fraction of sp³-hybridized carbons (Fsp3) is 0.412. The fourth-order valence-electron chi connectivity index (χ4n) is 3.38. The van der Waals surface area contributed by atoms with E-state index in [0.717, 1.165) is 22.9 Å². The van der Waals surface area contributed by atoms with E-state index in [9.17, 15) is 13.2 Å². The summed E-state index contributed by atoms with van der Waals surface area (Å²) in [5, 5.41) is 11.4. The molecule has 28 heavy (non-hydrogen) atoms. The van der Waals surface area contributed by atoms with Crippen molar-refractivity contribution < 1.29 is 13.2 Å². The van der Waals surface area contributed by atoms with Gasteiger partial charge < -0.3 is 4.90 Å². The highest BCUT2D eigenvalue weighted by Crippen LogP contribution is 2.31. The summed E-state index contributed by atoms with van der Waals surface area (Å²) in [7, 11) is -3.72. The van der Waals surface area contributed by atoms with Crippen LogP contribution in [0.5, 0.6) is 0 Å². The Morgan fingerprint density at radius 2 is 2.14 bits per heavy atom. The van der Waals surface area contributed by atoms with E-state index in [-0.39, 0.29) is 10.8 Å². The Bertz CT molecular complexity index is 1030. The molecule has 0 aliphatic carbocycles. The highest BCUT2D eigenvalue weighted by atomic mass is 32.2. The Balaban J connectivity index is 1.59. The van der Waals surface area contributed by atoms with Gasteiger partial charge in [-0.15, -0.1) is 14.6 Å². The van der Waals surface area contributed by atoms with Crippen LogP contribution in [-0.4, -0.2) is 53.6 Å². The normalized spacial score (nSPS) is 20.5. The number of piperidine rings is 1. The number of amidine groups is 1. The summed E-state index contributed by atoms with van der Waals surface area (Å²) < 4.78 is 29.6. The van der Waals surface area contributed by atoms with Crippen LogP contribution in [0.15, 0.2) is 37.9 Å². The van der Waals surface area contributed by atoms with Gasteiger partial charge in [0.1, 0.15) is 10.9 Å². The molecular weight excluding hydrogens is 418 g/mol. The molecule has 8 nitrogen and oxygen atoms in total. The number of nitrogens with one attached hydrogen (secondary N) is 1. The molecule has 3 heterocycles. The van der Waals surface area contributed by atoms with Crippen LogP contribution in [0.4, 0.5) is 5.13 Å². The highest BCUT2D eigenvalue weighted by molar-refractivity contribution is 8.01. The maximum absolute atomic E-state index is 12.9. The van der Waals surface area contributed by atoms with E-state index in [1.807, 2.05) is 11.8 Å². The van der Waals surface area contributed by atoms with Crippen molar-refractivity contribution in [3.63, 3.8) is 0 Å². The monoisotopic (exact) mass is 437 g/mol. The number of aromatic nitrogens is 2. The summed E-state index contributed by atoms with van der Waals surface area (Å²) in [5.74, 6) is 1.02.